The summed E-state index contributed by atoms with van der Waals surface area (Å²) in [7, 11) is 2.66. The normalized spacial score (nSPS) is 10.0. The second-order valence-corrected chi connectivity index (χ2v) is 4.97. The molecule has 0 fully saturated rings. The Kier molecular flexibility index (Phi) is 5.24. The number of hydrogen-bond donors (Lipinski definition) is 1. The lowest BCUT2D eigenvalue weighted by atomic mass is 10.3. The molecule has 0 atom stereocenters. The Morgan fingerprint density at radius 3 is 2.64 bits per heavy atom. The van der Waals surface area contributed by atoms with E-state index >= 15 is 0 Å². The zero-order chi connectivity index (χ0) is 18.6. The van der Waals surface area contributed by atoms with Gasteiger partial charge < -0.3 is 9.47 Å². The summed E-state index contributed by atoms with van der Waals surface area (Å²) in [5, 5.41) is 11.7. The second-order valence-electron chi connectivity index (χ2n) is 4.97. The quantitative estimate of drug-likeness (QED) is 0.894. The van der Waals surface area contributed by atoms with Gasteiger partial charge >= 0.3 is 11.8 Å². The van der Waals surface area contributed by atoms with Crippen LogP contribution in [0.4, 0.5) is 10.5 Å². The number of nitriles is 1. The minimum Gasteiger partial charge on any atom is -0.450 e. The molecule has 0 aliphatic heterocycles. The molecule has 1 heterocycles. The van der Waals surface area contributed by atoms with Crippen molar-refractivity contribution in [2.45, 2.75) is 6.92 Å². The molecule has 0 saturated heterocycles. The molecule has 0 unspecified atom stereocenters. The highest BCUT2D eigenvalue weighted by Gasteiger charge is 2.17. The van der Waals surface area contributed by atoms with Crippen LogP contribution < -0.4 is 21.3 Å². The van der Waals surface area contributed by atoms with Gasteiger partial charge in [-0.3, -0.25) is 19.2 Å². The van der Waals surface area contributed by atoms with E-state index in [-0.39, 0.29) is 23.8 Å². The lowest BCUT2D eigenvalue weighted by molar-refractivity contribution is 0.168. The first kappa shape index (κ1) is 17.8. The van der Waals surface area contributed by atoms with Gasteiger partial charge in [-0.2, -0.15) is 5.26 Å². The van der Waals surface area contributed by atoms with Crippen LogP contribution in [-0.4, -0.2) is 21.8 Å². The Bertz CT molecular complexity index is 968. The molecule has 9 nitrogen and oxygen atoms in total. The molecule has 0 spiro atoms. The Hall–Kier alpha value is -3.54. The van der Waals surface area contributed by atoms with Crippen LogP contribution in [0.15, 0.2) is 33.9 Å². The van der Waals surface area contributed by atoms with Crippen LogP contribution in [0.2, 0.25) is 0 Å². The molecule has 25 heavy (non-hydrogen) atoms. The number of carbonyl (C=O) groups excluding carboxylic acids is 1. The van der Waals surface area contributed by atoms with Gasteiger partial charge in [-0.05, 0) is 19.1 Å². The van der Waals surface area contributed by atoms with E-state index in [1.165, 1.54) is 20.2 Å². The molecule has 0 aliphatic carbocycles. The van der Waals surface area contributed by atoms with E-state index < -0.39 is 17.3 Å². The van der Waals surface area contributed by atoms with Crippen LogP contribution >= 0.6 is 0 Å². The van der Waals surface area contributed by atoms with Gasteiger partial charge in [0.15, 0.2) is 5.56 Å². The number of aromatic nitrogens is 2. The van der Waals surface area contributed by atoms with Crippen molar-refractivity contribution in [3.8, 4) is 17.7 Å². The maximum Gasteiger partial charge on any atom is 0.411 e. The number of carbonyl (C=O) groups is 1. The summed E-state index contributed by atoms with van der Waals surface area (Å²) in [4.78, 5) is 35.5. The molecule has 9 heteroatoms. The number of ether oxygens (including phenoxy) is 2. The molecule has 0 aliphatic rings. The molecule has 2 rings (SSSR count). The van der Waals surface area contributed by atoms with Crippen molar-refractivity contribution in [2.24, 2.45) is 14.1 Å². The van der Waals surface area contributed by atoms with Crippen LogP contribution in [0.1, 0.15) is 12.5 Å². The van der Waals surface area contributed by atoms with Gasteiger partial charge in [-0.1, -0.05) is 6.07 Å². The first-order valence-electron chi connectivity index (χ1n) is 7.30. The Morgan fingerprint density at radius 1 is 1.28 bits per heavy atom. The third kappa shape index (κ3) is 3.69. The zero-order valence-electron chi connectivity index (χ0n) is 13.9. The van der Waals surface area contributed by atoms with E-state index in [4.69, 9.17) is 9.47 Å². The summed E-state index contributed by atoms with van der Waals surface area (Å²) >= 11 is 0. The molecule has 1 aromatic heterocycles. The van der Waals surface area contributed by atoms with Crippen molar-refractivity contribution in [3.63, 3.8) is 0 Å². The summed E-state index contributed by atoms with van der Waals surface area (Å²) in [5.41, 5.74) is -1.28. The average molecular weight is 344 g/mol. The molecule has 0 bridgehead atoms. The van der Waals surface area contributed by atoms with Crippen LogP contribution in [-0.2, 0) is 18.8 Å². The number of amides is 1. The standard InChI is InChI=1S/C16H16N4O5/c1-4-24-15(22)18-10-6-5-7-11(8-10)25-14-12(9-17)13(21)19(2)16(23)20(14)3/h5-8H,4H2,1-3H3,(H,18,22). The Morgan fingerprint density at radius 2 is 2.00 bits per heavy atom. The SMILES string of the molecule is CCOC(=O)Nc1cccc(Oc2c(C#N)c(=O)n(C)c(=O)n2C)c1. The molecule has 1 N–H and O–H groups in total. The second kappa shape index (κ2) is 7.35. The van der Waals surface area contributed by atoms with Gasteiger partial charge in [0, 0.05) is 25.8 Å². The first-order chi connectivity index (χ1) is 11.9. The van der Waals surface area contributed by atoms with Crippen LogP contribution in [0.5, 0.6) is 11.6 Å². The van der Waals surface area contributed by atoms with E-state index in [9.17, 15) is 19.6 Å². The largest absolute Gasteiger partial charge is 0.450 e. The van der Waals surface area contributed by atoms with Crippen molar-refractivity contribution in [3.05, 3.63) is 50.7 Å². The van der Waals surface area contributed by atoms with Gasteiger partial charge in [0.05, 0.1) is 6.61 Å². The van der Waals surface area contributed by atoms with Gasteiger partial charge in [0.25, 0.3) is 5.56 Å². The van der Waals surface area contributed by atoms with Crippen molar-refractivity contribution < 1.29 is 14.3 Å². The van der Waals surface area contributed by atoms with Crippen LogP contribution in [0.25, 0.3) is 0 Å². The number of nitrogens with one attached hydrogen (secondary N) is 1. The van der Waals surface area contributed by atoms with E-state index in [0.29, 0.717) is 5.69 Å². The van der Waals surface area contributed by atoms with Crippen LogP contribution in [0.3, 0.4) is 0 Å². The fourth-order valence-electron chi connectivity index (χ4n) is 2.07. The highest BCUT2D eigenvalue weighted by molar-refractivity contribution is 5.84. The molecule has 2 aromatic rings. The zero-order valence-corrected chi connectivity index (χ0v) is 13.9. The lowest BCUT2D eigenvalue weighted by Gasteiger charge is -2.13. The highest BCUT2D eigenvalue weighted by atomic mass is 16.5. The van der Waals surface area contributed by atoms with Gasteiger partial charge in [0.2, 0.25) is 5.88 Å². The fraction of sp³-hybridized carbons (Fsp3) is 0.250. The summed E-state index contributed by atoms with van der Waals surface area (Å²) in [6, 6.07) is 7.98. The number of nitrogens with zero attached hydrogens (tertiary/aromatic N) is 3. The molecule has 1 amide bonds. The number of rotatable bonds is 4. The highest BCUT2D eigenvalue weighted by Crippen LogP contribution is 2.24. The van der Waals surface area contributed by atoms with Crippen molar-refractivity contribution >= 4 is 11.8 Å². The number of anilines is 1. The van der Waals surface area contributed by atoms with Gasteiger partial charge in [-0.25, -0.2) is 9.59 Å². The maximum atomic E-state index is 12.0. The van der Waals surface area contributed by atoms with E-state index in [1.807, 2.05) is 0 Å². The van der Waals surface area contributed by atoms with Gasteiger partial charge in [0.1, 0.15) is 11.8 Å². The minimum atomic E-state index is -0.749. The average Bonchev–Trinajstić information content (AvgIpc) is 2.58. The van der Waals surface area contributed by atoms with Crippen molar-refractivity contribution in [1.29, 1.82) is 5.26 Å². The van der Waals surface area contributed by atoms with E-state index in [1.54, 1.807) is 31.2 Å². The molecular formula is C16H16N4O5. The van der Waals surface area contributed by atoms with Crippen molar-refractivity contribution in [2.75, 3.05) is 11.9 Å². The van der Waals surface area contributed by atoms with E-state index in [0.717, 1.165) is 9.13 Å². The smallest absolute Gasteiger partial charge is 0.411 e. The summed E-state index contributed by atoms with van der Waals surface area (Å²) in [5.74, 6) is 0.0536. The monoisotopic (exact) mass is 344 g/mol. The molecule has 0 radical (unpaired) electrons. The fourth-order valence-corrected chi connectivity index (χ4v) is 2.07. The number of hydrogen-bond acceptors (Lipinski definition) is 6. The third-order valence-electron chi connectivity index (χ3n) is 3.29. The Labute approximate surface area is 142 Å². The third-order valence-corrected chi connectivity index (χ3v) is 3.29. The number of benzene rings is 1. The first-order valence-corrected chi connectivity index (χ1v) is 7.30. The Balaban J connectivity index is 2.42. The molecular weight excluding hydrogens is 328 g/mol. The maximum absolute atomic E-state index is 12.0. The molecule has 0 saturated carbocycles. The molecule has 1 aromatic carbocycles. The minimum absolute atomic E-state index is 0.177. The predicted octanol–water partition coefficient (Wildman–Crippen LogP) is 1.32. The lowest BCUT2D eigenvalue weighted by Crippen LogP contribution is -2.38. The predicted molar refractivity (Wildman–Crippen MR) is 88.8 cm³/mol. The summed E-state index contributed by atoms with van der Waals surface area (Å²) in [6.07, 6.45) is -0.627. The van der Waals surface area contributed by atoms with Crippen LogP contribution in [0, 0.1) is 11.3 Å². The molecule has 130 valence electrons. The van der Waals surface area contributed by atoms with E-state index in [2.05, 4.69) is 5.32 Å². The van der Waals surface area contributed by atoms with Gasteiger partial charge in [-0.15, -0.1) is 0 Å². The van der Waals surface area contributed by atoms with Crippen molar-refractivity contribution in [1.82, 2.24) is 9.13 Å². The summed E-state index contributed by atoms with van der Waals surface area (Å²) in [6.45, 7) is 1.90. The topological polar surface area (TPSA) is 115 Å². The summed E-state index contributed by atoms with van der Waals surface area (Å²) < 4.78 is 12.2.